The number of ether oxygens (including phenoxy) is 1. The van der Waals surface area contributed by atoms with E-state index in [1.165, 1.54) is 0 Å². The molecule has 23 heavy (non-hydrogen) atoms. The first-order chi connectivity index (χ1) is 10.7. The summed E-state index contributed by atoms with van der Waals surface area (Å²) in [6.45, 7) is 12.5. The standard InChI is InChI=1S/C17H28N2O3S/c1-7-18-15-10-9-13(11-14(15)16(20)22-8-2)12(3)19-23(21)17(4,5)6/h9-12,18-19H,7-8H2,1-6H3/t12-,23-/m1/s1. The molecule has 6 heteroatoms. The Bertz CT molecular complexity index is 529. The summed E-state index contributed by atoms with van der Waals surface area (Å²) < 4.78 is 20.1. The van der Waals surface area contributed by atoms with Crippen LogP contribution in [0.5, 0.6) is 0 Å². The first-order valence-electron chi connectivity index (χ1n) is 7.93. The molecule has 0 heterocycles. The Kier molecular flexibility index (Phi) is 7.38. The second kappa shape index (κ2) is 8.57. The number of anilines is 1. The maximum absolute atomic E-state index is 12.2. The molecule has 2 atom stereocenters. The Morgan fingerprint density at radius 1 is 1.35 bits per heavy atom. The van der Waals surface area contributed by atoms with Crippen LogP contribution < -0.4 is 10.0 Å². The highest BCUT2D eigenvalue weighted by Gasteiger charge is 2.28. The monoisotopic (exact) mass is 340 g/mol. The van der Waals surface area contributed by atoms with Crippen LogP contribution in [0.2, 0.25) is 0 Å². The van der Waals surface area contributed by atoms with E-state index in [9.17, 15) is 9.35 Å². The SMILES string of the molecule is CCNc1ccc([C@@H](C)N[S@+]([O-])C(C)(C)C)cc1C(=O)OCC. The van der Waals surface area contributed by atoms with Gasteiger partial charge in [-0.25, -0.2) is 4.79 Å². The topological polar surface area (TPSA) is 73.4 Å². The van der Waals surface area contributed by atoms with Gasteiger partial charge in [-0.3, -0.25) is 0 Å². The predicted molar refractivity (Wildman–Crippen MR) is 96.0 cm³/mol. The molecule has 0 aromatic heterocycles. The zero-order valence-electron chi connectivity index (χ0n) is 14.9. The average molecular weight is 340 g/mol. The maximum Gasteiger partial charge on any atom is 0.340 e. The van der Waals surface area contributed by atoms with Gasteiger partial charge in [-0.05, 0) is 59.2 Å². The fourth-order valence-electron chi connectivity index (χ4n) is 1.96. The van der Waals surface area contributed by atoms with Gasteiger partial charge in [0.05, 0.1) is 18.2 Å². The van der Waals surface area contributed by atoms with Crippen LogP contribution in [0.4, 0.5) is 5.69 Å². The molecule has 5 nitrogen and oxygen atoms in total. The molecule has 1 aromatic rings. The first kappa shape index (κ1) is 19.8. The molecule has 0 amide bonds. The van der Waals surface area contributed by atoms with Gasteiger partial charge in [-0.15, -0.1) is 4.72 Å². The minimum absolute atomic E-state index is 0.140. The Morgan fingerprint density at radius 3 is 2.52 bits per heavy atom. The first-order valence-corrected chi connectivity index (χ1v) is 9.08. The lowest BCUT2D eigenvalue weighted by molar-refractivity contribution is 0.0527. The molecule has 0 aliphatic rings. The predicted octanol–water partition coefficient (Wildman–Crippen LogP) is 3.41. The minimum Gasteiger partial charge on any atom is -0.598 e. The summed E-state index contributed by atoms with van der Waals surface area (Å²) >= 11 is -1.18. The van der Waals surface area contributed by atoms with Crippen molar-refractivity contribution in [1.82, 2.24) is 4.72 Å². The van der Waals surface area contributed by atoms with E-state index in [-0.39, 0.29) is 16.8 Å². The quantitative estimate of drug-likeness (QED) is 0.588. The van der Waals surface area contributed by atoms with Crippen molar-refractivity contribution < 1.29 is 14.1 Å². The van der Waals surface area contributed by atoms with Gasteiger partial charge >= 0.3 is 5.97 Å². The van der Waals surface area contributed by atoms with Crippen molar-refractivity contribution in [1.29, 1.82) is 0 Å². The van der Waals surface area contributed by atoms with E-state index in [1.54, 1.807) is 13.0 Å². The molecule has 0 aliphatic heterocycles. The second-order valence-electron chi connectivity index (χ2n) is 6.28. The van der Waals surface area contributed by atoms with Crippen molar-refractivity contribution in [3.05, 3.63) is 29.3 Å². The number of carbonyl (C=O) groups excluding carboxylic acids is 1. The van der Waals surface area contributed by atoms with Gasteiger partial charge in [0, 0.05) is 23.6 Å². The fourth-order valence-corrected chi connectivity index (χ4v) is 2.77. The van der Waals surface area contributed by atoms with E-state index >= 15 is 0 Å². The van der Waals surface area contributed by atoms with E-state index in [4.69, 9.17) is 4.74 Å². The van der Waals surface area contributed by atoms with Gasteiger partial charge in [0.2, 0.25) is 0 Å². The molecular weight excluding hydrogens is 312 g/mol. The molecule has 1 aromatic carbocycles. The van der Waals surface area contributed by atoms with Crippen LogP contribution in [-0.4, -0.2) is 28.4 Å². The lowest BCUT2D eigenvalue weighted by Gasteiger charge is -2.26. The zero-order valence-corrected chi connectivity index (χ0v) is 15.7. The summed E-state index contributed by atoms with van der Waals surface area (Å²) in [5, 5.41) is 3.17. The van der Waals surface area contributed by atoms with E-state index in [2.05, 4.69) is 10.0 Å². The summed E-state index contributed by atoms with van der Waals surface area (Å²) in [5.74, 6) is -0.352. The minimum atomic E-state index is -1.18. The molecule has 0 aliphatic carbocycles. The van der Waals surface area contributed by atoms with E-state index in [0.29, 0.717) is 18.7 Å². The Balaban J connectivity index is 3.03. The second-order valence-corrected chi connectivity index (χ2v) is 8.27. The molecule has 1 rings (SSSR count). The Labute approximate surface area is 142 Å². The van der Waals surface area contributed by atoms with Crippen molar-refractivity contribution in [3.8, 4) is 0 Å². The largest absolute Gasteiger partial charge is 0.598 e. The summed E-state index contributed by atoms with van der Waals surface area (Å²) in [5.41, 5.74) is 2.15. The highest BCUT2D eigenvalue weighted by molar-refractivity contribution is 7.90. The van der Waals surface area contributed by atoms with Crippen molar-refractivity contribution in [2.45, 2.75) is 52.3 Å². The molecule has 0 radical (unpaired) electrons. The zero-order chi connectivity index (χ0) is 17.6. The normalized spacial score (nSPS) is 14.2. The van der Waals surface area contributed by atoms with Crippen molar-refractivity contribution in [2.75, 3.05) is 18.5 Å². The fraction of sp³-hybridized carbons (Fsp3) is 0.588. The number of carbonyl (C=O) groups is 1. The van der Waals surface area contributed by atoms with Gasteiger partial charge in [0.25, 0.3) is 0 Å². The molecule has 130 valence electrons. The lowest BCUT2D eigenvalue weighted by atomic mass is 10.0. The number of rotatable bonds is 7. The van der Waals surface area contributed by atoms with E-state index in [0.717, 1.165) is 11.3 Å². The summed E-state index contributed by atoms with van der Waals surface area (Å²) in [4.78, 5) is 12.2. The van der Waals surface area contributed by atoms with Crippen molar-refractivity contribution in [3.63, 3.8) is 0 Å². The van der Waals surface area contributed by atoms with Gasteiger partial charge < -0.3 is 14.6 Å². The summed E-state index contributed by atoms with van der Waals surface area (Å²) in [6, 6.07) is 5.45. The molecule has 2 N–H and O–H groups in total. The molecular formula is C17H28N2O3S. The molecule has 0 bridgehead atoms. The average Bonchev–Trinajstić information content (AvgIpc) is 2.47. The third kappa shape index (κ3) is 5.71. The van der Waals surface area contributed by atoms with Gasteiger partial charge in [0.15, 0.2) is 0 Å². The highest BCUT2D eigenvalue weighted by Crippen LogP contribution is 2.24. The number of hydrogen-bond acceptors (Lipinski definition) is 5. The third-order valence-electron chi connectivity index (χ3n) is 3.25. The van der Waals surface area contributed by atoms with E-state index < -0.39 is 11.4 Å². The van der Waals surface area contributed by atoms with Crippen molar-refractivity contribution >= 4 is 23.0 Å². The number of nitrogens with one attached hydrogen (secondary N) is 2. The van der Waals surface area contributed by atoms with Gasteiger partial charge in [-0.1, -0.05) is 6.07 Å². The van der Waals surface area contributed by atoms with Crippen molar-refractivity contribution in [2.24, 2.45) is 0 Å². The molecule has 0 unspecified atom stereocenters. The van der Waals surface area contributed by atoms with Crippen LogP contribution >= 0.6 is 0 Å². The molecule has 0 fully saturated rings. The van der Waals surface area contributed by atoms with Crippen LogP contribution in [0, 0.1) is 0 Å². The highest BCUT2D eigenvalue weighted by atomic mass is 32.2. The van der Waals surface area contributed by atoms with Crippen LogP contribution in [0.25, 0.3) is 0 Å². The van der Waals surface area contributed by atoms with Gasteiger partial charge in [-0.2, -0.15) is 0 Å². The number of benzene rings is 1. The Morgan fingerprint density at radius 2 is 2.00 bits per heavy atom. The van der Waals surface area contributed by atoms with Gasteiger partial charge in [0.1, 0.15) is 4.75 Å². The third-order valence-corrected chi connectivity index (χ3v) is 4.93. The number of esters is 1. The summed E-state index contributed by atoms with van der Waals surface area (Å²) in [6.07, 6.45) is 0. The summed E-state index contributed by atoms with van der Waals surface area (Å²) in [7, 11) is 0. The van der Waals surface area contributed by atoms with Crippen LogP contribution in [-0.2, 0) is 16.1 Å². The maximum atomic E-state index is 12.2. The Hall–Kier alpha value is -1.24. The molecule has 0 saturated carbocycles. The molecule has 0 spiro atoms. The lowest BCUT2D eigenvalue weighted by Crippen LogP contribution is -2.40. The molecule has 0 saturated heterocycles. The smallest absolute Gasteiger partial charge is 0.340 e. The number of hydrogen-bond donors (Lipinski definition) is 2. The van der Waals surface area contributed by atoms with E-state index in [1.807, 2.05) is 46.8 Å². The van der Waals surface area contributed by atoms with Crippen LogP contribution in [0.1, 0.15) is 63.5 Å². The van der Waals surface area contributed by atoms with Crippen LogP contribution in [0.3, 0.4) is 0 Å². The van der Waals surface area contributed by atoms with Crippen LogP contribution in [0.15, 0.2) is 18.2 Å².